The van der Waals surface area contributed by atoms with E-state index >= 15 is 8.78 Å². The number of alkyl halides is 3. The summed E-state index contributed by atoms with van der Waals surface area (Å²) in [5.41, 5.74) is 15.5. The molecule has 6 aromatic carbocycles. The molecule has 2 fully saturated rings. The van der Waals surface area contributed by atoms with Crippen molar-refractivity contribution >= 4 is 40.4 Å². The van der Waals surface area contributed by atoms with Gasteiger partial charge in [-0.25, -0.2) is 23.1 Å². The van der Waals surface area contributed by atoms with Crippen LogP contribution >= 0.6 is 0 Å². The summed E-state index contributed by atoms with van der Waals surface area (Å²) in [6.45, 7) is 0.902. The number of benzene rings is 6. The standard InChI is InChI=1S/C60H50F5N13O2/c61-47-18-14-39(26-50(47)72-57(79)52-28-43(32-68)75-77(52)44-5-1-3-36(23-44)30-66)55(70-33-35-9-10-35)38-12-16-42(17-13-38)71-56(69)40-4-2-6-45(25-40)78-53(29-54(76-78)60(63,64)65)58(80)73-51-27-41(15-19-48(51)62)59(22-21-34-7-8-34)46-24-37(31-67)11-20-49(46)74-59/h1-6,11-20,23-29,34-35,55,70,74H,7-10,21-22,30,33,66H2,(H2,69,71)(H,72,79)(H,73,80). The van der Waals surface area contributed by atoms with Crippen LogP contribution in [0.5, 0.6) is 0 Å². The largest absolute Gasteiger partial charge is 0.435 e. The minimum Gasteiger partial charge on any atom is -0.383 e. The average molecular weight is 1080 g/mol. The van der Waals surface area contributed by atoms with Crippen molar-refractivity contribution in [1.82, 2.24) is 24.9 Å². The van der Waals surface area contributed by atoms with E-state index in [4.69, 9.17) is 11.5 Å². The number of anilines is 3. The lowest BCUT2D eigenvalue weighted by molar-refractivity contribution is -0.141. The molecule has 2 aliphatic carbocycles. The smallest absolute Gasteiger partial charge is 0.383 e. The molecule has 20 heteroatoms. The fraction of sp³-hybridized carbons (Fsp3) is 0.217. The van der Waals surface area contributed by atoms with Crippen molar-refractivity contribution in [1.29, 1.82) is 10.5 Å². The second-order valence-electron chi connectivity index (χ2n) is 20.3. The maximum Gasteiger partial charge on any atom is 0.435 e. The van der Waals surface area contributed by atoms with Gasteiger partial charge in [-0.1, -0.05) is 61.4 Å². The molecule has 11 rings (SSSR count). The molecule has 2 aromatic heterocycles. The van der Waals surface area contributed by atoms with Gasteiger partial charge in [0.15, 0.2) is 11.4 Å². The number of rotatable bonds is 18. The van der Waals surface area contributed by atoms with Crippen molar-refractivity contribution in [2.75, 3.05) is 22.5 Å². The van der Waals surface area contributed by atoms with Crippen LogP contribution < -0.4 is 32.7 Å². The number of amidine groups is 1. The van der Waals surface area contributed by atoms with Crippen molar-refractivity contribution in [2.45, 2.75) is 62.8 Å². The van der Waals surface area contributed by atoms with E-state index in [0.717, 1.165) is 59.2 Å². The SMILES string of the molecule is N#Cc1ccc2c(c1)C(CCC1CC1)(c1ccc(F)c(NC(=O)c3cc(C(F)(F)F)nn3-c3cccc(C(N)=Nc4ccc(C(NCC5CC5)c5ccc(F)c(NC(=O)c6cc(C#N)nn6-c6cccc(CN)c6)c5)cc4)c3)c1)N2. The van der Waals surface area contributed by atoms with Gasteiger partial charge < -0.3 is 32.7 Å². The van der Waals surface area contributed by atoms with Gasteiger partial charge in [-0.2, -0.15) is 33.9 Å². The van der Waals surface area contributed by atoms with Crippen LogP contribution in [-0.4, -0.2) is 43.8 Å². The number of aromatic nitrogens is 4. The summed E-state index contributed by atoms with van der Waals surface area (Å²) in [7, 11) is 0. The van der Waals surface area contributed by atoms with E-state index in [1.165, 1.54) is 47.1 Å². The number of carbonyl (C=O) groups is 2. The minimum absolute atomic E-state index is 0.00480. The summed E-state index contributed by atoms with van der Waals surface area (Å²) in [4.78, 5) is 32.5. The Morgan fingerprint density at radius 3 is 2.10 bits per heavy atom. The van der Waals surface area contributed by atoms with E-state index in [9.17, 15) is 33.3 Å². The van der Waals surface area contributed by atoms with E-state index in [1.807, 2.05) is 30.3 Å². The molecule has 2 atom stereocenters. The van der Waals surface area contributed by atoms with Crippen molar-refractivity contribution in [3.8, 4) is 23.5 Å². The van der Waals surface area contributed by atoms with Gasteiger partial charge in [0.1, 0.15) is 34.9 Å². The lowest BCUT2D eigenvalue weighted by atomic mass is 9.72. The number of nitrogens with one attached hydrogen (secondary N) is 4. The Balaban J connectivity index is 0.836. The third-order valence-electron chi connectivity index (χ3n) is 14.7. The molecule has 1 aliphatic heterocycles. The first-order valence-electron chi connectivity index (χ1n) is 25.9. The molecule has 2 unspecified atom stereocenters. The summed E-state index contributed by atoms with van der Waals surface area (Å²) < 4.78 is 76.4. The average Bonchev–Trinajstić information content (AvgIpc) is 4.50. The Hall–Kier alpha value is -9.50. The number of hydrogen-bond donors (Lipinski definition) is 6. The summed E-state index contributed by atoms with van der Waals surface area (Å²) in [5.74, 6) is -2.28. The Morgan fingerprint density at radius 1 is 0.750 bits per heavy atom. The second kappa shape index (κ2) is 21.4. The molecule has 80 heavy (non-hydrogen) atoms. The van der Waals surface area contributed by atoms with E-state index in [2.05, 4.69) is 42.5 Å². The maximum atomic E-state index is 15.7. The predicted molar refractivity (Wildman–Crippen MR) is 290 cm³/mol. The van der Waals surface area contributed by atoms with Gasteiger partial charge in [0.05, 0.1) is 51.7 Å². The quantitative estimate of drug-likeness (QED) is 0.0270. The molecule has 0 spiro atoms. The van der Waals surface area contributed by atoms with Crippen LogP contribution in [0.1, 0.15) is 116 Å². The van der Waals surface area contributed by atoms with Crippen LogP contribution in [0, 0.1) is 46.1 Å². The third-order valence-corrected chi connectivity index (χ3v) is 14.7. The van der Waals surface area contributed by atoms with Crippen molar-refractivity contribution in [3.05, 3.63) is 213 Å². The zero-order valence-electron chi connectivity index (χ0n) is 42.7. The van der Waals surface area contributed by atoms with Crippen LogP contribution in [0.4, 0.5) is 44.7 Å². The van der Waals surface area contributed by atoms with Gasteiger partial charge in [0, 0.05) is 35.5 Å². The van der Waals surface area contributed by atoms with E-state index in [0.29, 0.717) is 58.9 Å². The lowest BCUT2D eigenvalue weighted by Gasteiger charge is -2.47. The first-order valence-corrected chi connectivity index (χ1v) is 25.9. The Labute approximate surface area is 455 Å². The van der Waals surface area contributed by atoms with Crippen LogP contribution in [0.25, 0.3) is 11.4 Å². The van der Waals surface area contributed by atoms with Gasteiger partial charge in [-0.3, -0.25) is 9.59 Å². The molecule has 2 saturated carbocycles. The normalized spacial score (nSPS) is 16.1. The lowest BCUT2D eigenvalue weighted by Crippen LogP contribution is -2.45. The molecule has 2 amide bonds. The number of aliphatic imine (C=N–C) groups is 1. The highest BCUT2D eigenvalue weighted by Crippen LogP contribution is 2.52. The highest BCUT2D eigenvalue weighted by molar-refractivity contribution is 6.05. The number of halogens is 5. The van der Waals surface area contributed by atoms with Crippen molar-refractivity contribution in [3.63, 3.8) is 0 Å². The summed E-state index contributed by atoms with van der Waals surface area (Å²) in [6.07, 6.45) is 0.850. The second-order valence-corrected chi connectivity index (χ2v) is 20.3. The third kappa shape index (κ3) is 10.9. The summed E-state index contributed by atoms with van der Waals surface area (Å²) >= 11 is 0. The summed E-state index contributed by atoms with van der Waals surface area (Å²) in [5, 5.41) is 39.6. The van der Waals surface area contributed by atoms with Gasteiger partial charge in [-0.05, 0) is 145 Å². The van der Waals surface area contributed by atoms with E-state index < -0.39 is 52.6 Å². The zero-order chi connectivity index (χ0) is 55.9. The van der Waals surface area contributed by atoms with E-state index in [-0.39, 0.29) is 46.4 Å². The first-order chi connectivity index (χ1) is 38.6. The Kier molecular flexibility index (Phi) is 14.0. The molecule has 3 heterocycles. The van der Waals surface area contributed by atoms with Crippen molar-refractivity contribution in [2.24, 2.45) is 28.3 Å². The molecule has 8 aromatic rings. The number of amides is 2. The number of nitriles is 2. The first kappa shape index (κ1) is 52.5. The molecule has 15 nitrogen and oxygen atoms in total. The molecule has 0 saturated heterocycles. The number of nitrogens with zero attached hydrogens (tertiary/aromatic N) is 7. The number of hydrogen-bond acceptors (Lipinski definition) is 10. The molecule has 8 N–H and O–H groups in total. The van der Waals surface area contributed by atoms with Gasteiger partial charge >= 0.3 is 6.18 Å². The molecule has 0 bridgehead atoms. The van der Waals surface area contributed by atoms with Crippen LogP contribution in [0.2, 0.25) is 0 Å². The zero-order valence-corrected chi connectivity index (χ0v) is 42.7. The maximum absolute atomic E-state index is 15.7. The minimum atomic E-state index is -4.95. The number of carbonyl (C=O) groups excluding carboxylic acids is 2. The topological polar surface area (TPSA) is 230 Å². The van der Waals surface area contributed by atoms with Crippen LogP contribution in [-0.2, 0) is 18.3 Å². The monoisotopic (exact) mass is 1080 g/mol. The van der Waals surface area contributed by atoms with Crippen LogP contribution in [0.15, 0.2) is 145 Å². The summed E-state index contributed by atoms with van der Waals surface area (Å²) in [6, 6.07) is 39.6. The fourth-order valence-corrected chi connectivity index (χ4v) is 10.0. The fourth-order valence-electron chi connectivity index (χ4n) is 10.0. The van der Waals surface area contributed by atoms with Gasteiger partial charge in [0.2, 0.25) is 0 Å². The van der Waals surface area contributed by atoms with E-state index in [1.54, 1.807) is 66.7 Å². The highest BCUT2D eigenvalue weighted by Gasteiger charge is 2.45. The van der Waals surface area contributed by atoms with Crippen LogP contribution in [0.3, 0.4) is 0 Å². The molecule has 402 valence electrons. The molecular weight excluding hydrogens is 1030 g/mol. The molecule has 3 aliphatic rings. The number of fused-ring (bicyclic) bond motifs is 1. The molecular formula is C60H50F5N13O2. The number of nitrogens with two attached hydrogens (primary N) is 2. The highest BCUT2D eigenvalue weighted by atomic mass is 19.4. The predicted octanol–water partition coefficient (Wildman–Crippen LogP) is 11.0. The van der Waals surface area contributed by atoms with Crippen molar-refractivity contribution < 1.29 is 31.5 Å². The Morgan fingerprint density at radius 2 is 1.41 bits per heavy atom. The van der Waals surface area contributed by atoms with Gasteiger partial charge in [-0.15, -0.1) is 0 Å². The van der Waals surface area contributed by atoms with Gasteiger partial charge in [0.25, 0.3) is 11.8 Å². The Bertz CT molecular complexity index is 3850. The molecule has 0 radical (unpaired) electrons.